The van der Waals surface area contributed by atoms with E-state index in [1.165, 1.54) is 18.0 Å². The molecule has 180 valence electrons. The van der Waals surface area contributed by atoms with Gasteiger partial charge in [-0.15, -0.1) is 0 Å². The third kappa shape index (κ3) is 5.95. The Kier molecular flexibility index (Phi) is 8.33. The van der Waals surface area contributed by atoms with E-state index < -0.39 is 5.97 Å². The molecule has 3 aromatic rings. The normalized spacial score (nSPS) is 11.6. The van der Waals surface area contributed by atoms with Crippen LogP contribution in [0.15, 0.2) is 44.7 Å². The van der Waals surface area contributed by atoms with Crippen LogP contribution < -0.4 is 15.0 Å². The number of rotatable bonds is 8. The molecule has 2 aromatic carbocycles. The van der Waals surface area contributed by atoms with Crippen molar-refractivity contribution < 1.29 is 19.0 Å². The molecule has 1 heterocycles. The van der Waals surface area contributed by atoms with Crippen molar-refractivity contribution in [3.63, 3.8) is 0 Å². The van der Waals surface area contributed by atoms with E-state index in [4.69, 9.17) is 25.8 Å². The number of hydrogen-bond acceptors (Lipinski definition) is 7. The first-order valence-corrected chi connectivity index (χ1v) is 11.7. The molecule has 8 nitrogen and oxygen atoms in total. The Hall–Kier alpha value is -2.91. The third-order valence-corrected chi connectivity index (χ3v) is 5.34. The van der Waals surface area contributed by atoms with Crippen LogP contribution >= 0.6 is 27.5 Å². The second-order valence-electron chi connectivity index (χ2n) is 8.00. The molecule has 0 atom stereocenters. The van der Waals surface area contributed by atoms with Crippen molar-refractivity contribution in [2.75, 3.05) is 13.7 Å². The molecule has 3 rings (SSSR count). The average Bonchev–Trinajstić information content (AvgIpc) is 2.76. The third-order valence-electron chi connectivity index (χ3n) is 4.63. The fraction of sp³-hybridized carbons (Fsp3) is 0.333. The van der Waals surface area contributed by atoms with Gasteiger partial charge < -0.3 is 14.2 Å². The number of fused-ring (bicyclic) bond motifs is 1. The van der Waals surface area contributed by atoms with Gasteiger partial charge >= 0.3 is 5.97 Å². The minimum absolute atomic E-state index is 0.0756. The van der Waals surface area contributed by atoms with Gasteiger partial charge in [0.15, 0.2) is 18.1 Å². The van der Waals surface area contributed by atoms with Gasteiger partial charge in [-0.3, -0.25) is 4.79 Å². The highest BCUT2D eigenvalue weighted by atomic mass is 79.9. The van der Waals surface area contributed by atoms with E-state index in [1.54, 1.807) is 38.1 Å². The zero-order valence-corrected chi connectivity index (χ0v) is 21.8. The van der Waals surface area contributed by atoms with Gasteiger partial charge in [0, 0.05) is 27.0 Å². The number of carbonyl (C=O) groups excluding carboxylic acids is 1. The quantitative estimate of drug-likeness (QED) is 0.284. The smallest absolute Gasteiger partial charge is 0.344 e. The molecule has 0 N–H and O–H groups in total. The van der Waals surface area contributed by atoms with Crippen LogP contribution in [0.1, 0.15) is 45.0 Å². The lowest BCUT2D eigenvalue weighted by molar-refractivity contribution is -0.149. The number of nitrogens with zero attached hydrogens (tertiary/aromatic N) is 3. The number of hydrogen-bond donors (Lipinski definition) is 0. The maximum Gasteiger partial charge on any atom is 0.344 e. The summed E-state index contributed by atoms with van der Waals surface area (Å²) in [4.78, 5) is 29.9. The monoisotopic (exact) mass is 549 g/mol. The lowest BCUT2D eigenvalue weighted by Crippen LogP contribution is -2.23. The largest absolute Gasteiger partial charge is 0.493 e. The van der Waals surface area contributed by atoms with E-state index in [1.807, 2.05) is 19.9 Å². The molecule has 0 radical (unpaired) electrons. The van der Waals surface area contributed by atoms with Crippen LogP contribution in [0, 0.1) is 0 Å². The van der Waals surface area contributed by atoms with Crippen molar-refractivity contribution >= 4 is 50.6 Å². The summed E-state index contributed by atoms with van der Waals surface area (Å²) in [5, 5.41) is 5.21. The van der Waals surface area contributed by atoms with E-state index >= 15 is 0 Å². The molecule has 0 amide bonds. The van der Waals surface area contributed by atoms with E-state index in [-0.39, 0.29) is 29.9 Å². The SMILES string of the molecule is COc1cc(Cl)cc(C=Nn2c(C(C)C)nc3ccc(Br)cc3c2=O)c1OCC(=O)OC(C)C. The second kappa shape index (κ2) is 11.0. The Morgan fingerprint density at radius 2 is 1.97 bits per heavy atom. The van der Waals surface area contributed by atoms with Gasteiger partial charge in [-0.25, -0.2) is 9.78 Å². The highest BCUT2D eigenvalue weighted by Gasteiger charge is 2.17. The zero-order chi connectivity index (χ0) is 25.0. The fourth-order valence-electron chi connectivity index (χ4n) is 3.19. The molecule has 1 aromatic heterocycles. The van der Waals surface area contributed by atoms with Crippen molar-refractivity contribution in [1.82, 2.24) is 9.66 Å². The molecular formula is C24H25BrClN3O5. The van der Waals surface area contributed by atoms with Crippen LogP contribution in [-0.4, -0.2) is 41.7 Å². The van der Waals surface area contributed by atoms with Gasteiger partial charge in [-0.1, -0.05) is 41.4 Å². The topological polar surface area (TPSA) is 92.0 Å². The van der Waals surface area contributed by atoms with E-state index in [0.717, 1.165) is 4.47 Å². The maximum atomic E-state index is 13.3. The summed E-state index contributed by atoms with van der Waals surface area (Å²) < 4.78 is 18.2. The number of esters is 1. The number of benzene rings is 2. The number of methoxy groups -OCH3 is 1. The van der Waals surface area contributed by atoms with Crippen LogP contribution in [0.3, 0.4) is 0 Å². The molecular weight excluding hydrogens is 526 g/mol. The van der Waals surface area contributed by atoms with Gasteiger partial charge in [0.25, 0.3) is 5.56 Å². The first-order chi connectivity index (χ1) is 16.1. The molecule has 0 aliphatic heterocycles. The van der Waals surface area contributed by atoms with Crippen molar-refractivity contribution in [2.45, 2.75) is 39.7 Å². The van der Waals surface area contributed by atoms with Crippen molar-refractivity contribution in [2.24, 2.45) is 5.10 Å². The summed E-state index contributed by atoms with van der Waals surface area (Å²) in [6.45, 7) is 7.02. The molecule has 0 saturated heterocycles. The highest BCUT2D eigenvalue weighted by Crippen LogP contribution is 2.34. The minimum Gasteiger partial charge on any atom is -0.493 e. The zero-order valence-electron chi connectivity index (χ0n) is 19.5. The van der Waals surface area contributed by atoms with Crippen LogP contribution in [0.25, 0.3) is 10.9 Å². The number of halogens is 2. The molecule has 0 unspecified atom stereocenters. The van der Waals surface area contributed by atoms with E-state index in [0.29, 0.717) is 33.1 Å². The van der Waals surface area contributed by atoms with Gasteiger partial charge in [0.05, 0.1) is 30.3 Å². The second-order valence-corrected chi connectivity index (χ2v) is 9.35. The number of ether oxygens (including phenoxy) is 3. The summed E-state index contributed by atoms with van der Waals surface area (Å²) in [7, 11) is 1.46. The molecule has 0 fully saturated rings. The predicted molar refractivity (Wildman–Crippen MR) is 136 cm³/mol. The van der Waals surface area contributed by atoms with Crippen molar-refractivity contribution in [3.05, 3.63) is 61.6 Å². The maximum absolute atomic E-state index is 13.3. The van der Waals surface area contributed by atoms with Crippen molar-refractivity contribution in [1.29, 1.82) is 0 Å². The first kappa shape index (κ1) is 25.7. The molecule has 0 spiro atoms. The molecule has 0 aliphatic rings. The Morgan fingerprint density at radius 1 is 1.24 bits per heavy atom. The molecule has 0 saturated carbocycles. The number of carbonyl (C=O) groups is 1. The molecule has 34 heavy (non-hydrogen) atoms. The minimum atomic E-state index is -0.530. The Balaban J connectivity index is 2.09. The van der Waals surface area contributed by atoms with Crippen LogP contribution in [0.4, 0.5) is 0 Å². The summed E-state index contributed by atoms with van der Waals surface area (Å²) in [6.07, 6.45) is 1.15. The lowest BCUT2D eigenvalue weighted by atomic mass is 10.2. The number of aromatic nitrogens is 2. The summed E-state index contributed by atoms with van der Waals surface area (Å²) >= 11 is 9.64. The van der Waals surface area contributed by atoms with Crippen LogP contribution in [0.5, 0.6) is 11.5 Å². The summed E-state index contributed by atoms with van der Waals surface area (Å²) in [5.41, 5.74) is 0.682. The van der Waals surface area contributed by atoms with Crippen LogP contribution in [0.2, 0.25) is 5.02 Å². The van der Waals surface area contributed by atoms with Crippen molar-refractivity contribution in [3.8, 4) is 11.5 Å². The molecule has 0 aliphatic carbocycles. The Labute approximate surface area is 210 Å². The average molecular weight is 551 g/mol. The molecule has 0 bridgehead atoms. The summed E-state index contributed by atoms with van der Waals surface area (Å²) in [6, 6.07) is 8.48. The fourth-order valence-corrected chi connectivity index (χ4v) is 3.77. The lowest BCUT2D eigenvalue weighted by Gasteiger charge is -2.15. The van der Waals surface area contributed by atoms with Gasteiger partial charge in [-0.2, -0.15) is 9.78 Å². The Morgan fingerprint density at radius 3 is 2.62 bits per heavy atom. The van der Waals surface area contributed by atoms with E-state index in [9.17, 15) is 9.59 Å². The highest BCUT2D eigenvalue weighted by molar-refractivity contribution is 9.10. The molecule has 10 heteroatoms. The first-order valence-electron chi connectivity index (χ1n) is 10.6. The van der Waals surface area contributed by atoms with Gasteiger partial charge in [0.1, 0.15) is 5.82 Å². The van der Waals surface area contributed by atoms with Gasteiger partial charge in [-0.05, 0) is 38.1 Å². The van der Waals surface area contributed by atoms with E-state index in [2.05, 4.69) is 26.0 Å². The standard InChI is InChI=1S/C24H25BrClN3O5/c1-13(2)23-28-19-7-6-16(25)9-18(19)24(31)29(23)27-11-15-8-17(26)10-20(32-5)22(15)33-12-21(30)34-14(3)4/h6-11,13-14H,12H2,1-5H3. The Bertz CT molecular complexity index is 1300. The van der Waals surface area contributed by atoms with Crippen LogP contribution in [-0.2, 0) is 9.53 Å². The van der Waals surface area contributed by atoms with Gasteiger partial charge in [0.2, 0.25) is 0 Å². The predicted octanol–water partition coefficient (Wildman–Crippen LogP) is 5.16. The summed E-state index contributed by atoms with van der Waals surface area (Å²) in [5.74, 6) is 0.439.